The van der Waals surface area contributed by atoms with Crippen LogP contribution in [0.5, 0.6) is 0 Å². The predicted molar refractivity (Wildman–Crippen MR) is 60.5 cm³/mol. The molecule has 0 fully saturated rings. The second kappa shape index (κ2) is 4.13. The van der Waals surface area contributed by atoms with Crippen LogP contribution in [0, 0.1) is 18.8 Å². The number of nitrogens with two attached hydrogens (primary N) is 1. The lowest BCUT2D eigenvalue weighted by Gasteiger charge is -2.12. The number of halogens is 4. The summed E-state index contributed by atoms with van der Waals surface area (Å²) < 4.78 is 25.8. The molecule has 0 aliphatic heterocycles. The molecule has 14 heavy (non-hydrogen) atoms. The van der Waals surface area contributed by atoms with E-state index in [2.05, 4.69) is 0 Å². The average Bonchev–Trinajstić information content (AvgIpc) is 2.11. The third kappa shape index (κ3) is 1.78. The normalized spacial score (nSPS) is 10.3. The van der Waals surface area contributed by atoms with E-state index in [1.165, 1.54) is 45.2 Å². The Hall–Kier alpha value is -0.190. The van der Waals surface area contributed by atoms with Crippen molar-refractivity contribution in [1.82, 2.24) is 0 Å². The third-order valence-corrected chi connectivity index (χ3v) is 3.53. The number of nitrogen functional groups attached to an aromatic ring is 1. The molecule has 0 bridgehead atoms. The summed E-state index contributed by atoms with van der Waals surface area (Å²) in [5.74, 6) is -3.76. The molecule has 1 rings (SSSR count). The van der Waals surface area contributed by atoms with E-state index in [1.54, 1.807) is 0 Å². The molecule has 0 spiro atoms. The van der Waals surface area contributed by atoms with E-state index in [0.717, 1.165) is 0 Å². The topological polar surface area (TPSA) is 66.2 Å². The van der Waals surface area contributed by atoms with Crippen LogP contribution >= 0.6 is 45.2 Å². The molecule has 3 nitrogen and oxygen atoms in total. The number of aromatic carboxylic acids is 1. The molecule has 0 atom stereocenters. The number of carbonyl (C=O) groups is 1. The summed E-state index contributed by atoms with van der Waals surface area (Å²) in [6.45, 7) is 0. The van der Waals surface area contributed by atoms with Gasteiger partial charge in [-0.15, -0.1) is 0 Å². The minimum atomic E-state index is -1.63. The number of hydrogen-bond donors (Lipinski definition) is 1. The van der Waals surface area contributed by atoms with Gasteiger partial charge in [-0.1, -0.05) is 0 Å². The van der Waals surface area contributed by atoms with Crippen molar-refractivity contribution in [1.29, 1.82) is 0 Å². The van der Waals surface area contributed by atoms with Crippen molar-refractivity contribution in [2.45, 2.75) is 0 Å². The van der Waals surface area contributed by atoms with Gasteiger partial charge in [-0.2, -0.15) is 0 Å². The zero-order valence-electron chi connectivity index (χ0n) is 6.41. The van der Waals surface area contributed by atoms with Crippen molar-refractivity contribution in [3.8, 4) is 0 Å². The Morgan fingerprint density at radius 2 is 1.57 bits per heavy atom. The van der Waals surface area contributed by atoms with Gasteiger partial charge in [0.2, 0.25) is 0 Å². The maximum atomic E-state index is 13.1. The Bertz CT molecular complexity index is 394. The van der Waals surface area contributed by atoms with E-state index < -0.39 is 28.9 Å². The second-order valence-corrected chi connectivity index (χ2v) is 4.49. The molecule has 0 saturated heterocycles. The largest absolute Gasteiger partial charge is 0.545 e. The fraction of sp³-hybridized carbons (Fsp3) is 0. The van der Waals surface area contributed by atoms with Gasteiger partial charge in [-0.05, 0) is 45.2 Å². The van der Waals surface area contributed by atoms with Crippen LogP contribution in [0.4, 0.5) is 14.5 Å². The highest BCUT2D eigenvalue weighted by Crippen LogP contribution is 2.29. The summed E-state index contributed by atoms with van der Waals surface area (Å²) in [5.41, 5.74) is 3.90. The van der Waals surface area contributed by atoms with Crippen LogP contribution in [-0.2, 0) is 0 Å². The van der Waals surface area contributed by atoms with Gasteiger partial charge in [0.05, 0.1) is 13.1 Å². The van der Waals surface area contributed by atoms with Crippen LogP contribution in [0.2, 0.25) is 0 Å². The number of carbonyl (C=O) groups excluding carboxylic acids is 1. The molecule has 7 heteroatoms. The van der Waals surface area contributed by atoms with Crippen molar-refractivity contribution in [3.05, 3.63) is 24.3 Å². The average molecular weight is 424 g/mol. The minimum absolute atomic E-state index is 0.245. The molecule has 0 aliphatic carbocycles. The molecule has 1 aromatic rings. The van der Waals surface area contributed by atoms with Gasteiger partial charge < -0.3 is 15.6 Å². The van der Waals surface area contributed by atoms with Gasteiger partial charge in [0.25, 0.3) is 0 Å². The standard InChI is InChI=1S/C7H3F2I2NO2/c8-2-4(10)1(7(13)14)5(11)3(9)6(2)12/h12H2,(H,13,14)/p-1. The Morgan fingerprint density at radius 1 is 1.21 bits per heavy atom. The first kappa shape index (κ1) is 11.9. The molecule has 0 aromatic heterocycles. The quantitative estimate of drug-likeness (QED) is 0.418. The van der Waals surface area contributed by atoms with Crippen LogP contribution in [0.1, 0.15) is 10.4 Å². The smallest absolute Gasteiger partial charge is 0.163 e. The van der Waals surface area contributed by atoms with Gasteiger partial charge in [-0.3, -0.25) is 0 Å². The summed E-state index contributed by atoms with van der Waals surface area (Å²) >= 11 is 2.88. The summed E-state index contributed by atoms with van der Waals surface area (Å²) in [6, 6.07) is 0. The lowest BCUT2D eigenvalue weighted by atomic mass is 10.2. The fourth-order valence-corrected chi connectivity index (χ4v) is 2.90. The summed E-state index contributed by atoms with van der Waals surface area (Å²) in [6.07, 6.45) is 0. The van der Waals surface area contributed by atoms with E-state index >= 15 is 0 Å². The fourth-order valence-electron chi connectivity index (χ4n) is 0.828. The molecular weight excluding hydrogens is 422 g/mol. The molecule has 0 unspecified atom stereocenters. The van der Waals surface area contributed by atoms with Crippen LogP contribution < -0.4 is 10.8 Å². The molecule has 76 valence electrons. The number of hydrogen-bond acceptors (Lipinski definition) is 3. The summed E-state index contributed by atoms with van der Waals surface area (Å²) in [7, 11) is 0. The first-order valence-electron chi connectivity index (χ1n) is 3.20. The van der Waals surface area contributed by atoms with Gasteiger partial charge in [0, 0.05) is 5.56 Å². The van der Waals surface area contributed by atoms with Crippen molar-refractivity contribution in [2.75, 3.05) is 5.73 Å². The molecule has 2 N–H and O–H groups in total. The Labute approximate surface area is 105 Å². The number of benzene rings is 1. The number of carboxylic acid groups (broad SMARTS) is 1. The maximum absolute atomic E-state index is 13.1. The van der Waals surface area contributed by atoms with Crippen molar-refractivity contribution >= 4 is 56.8 Å². The predicted octanol–water partition coefficient (Wildman–Crippen LogP) is 1.12. The number of anilines is 1. The van der Waals surface area contributed by atoms with Gasteiger partial charge >= 0.3 is 0 Å². The van der Waals surface area contributed by atoms with Crippen molar-refractivity contribution < 1.29 is 18.7 Å². The zero-order chi connectivity index (χ0) is 11.0. The lowest BCUT2D eigenvalue weighted by Crippen LogP contribution is -2.26. The van der Waals surface area contributed by atoms with Crippen molar-refractivity contribution in [2.24, 2.45) is 0 Å². The Morgan fingerprint density at radius 3 is 1.86 bits per heavy atom. The van der Waals surface area contributed by atoms with Crippen LogP contribution in [-0.4, -0.2) is 5.97 Å². The van der Waals surface area contributed by atoms with Crippen LogP contribution in [0.15, 0.2) is 0 Å². The van der Waals surface area contributed by atoms with Gasteiger partial charge in [0.1, 0.15) is 5.69 Å². The molecular formula is C7H2F2I2NO2-. The van der Waals surface area contributed by atoms with E-state index in [0.29, 0.717) is 0 Å². The second-order valence-electron chi connectivity index (χ2n) is 2.33. The highest BCUT2D eigenvalue weighted by atomic mass is 127. The van der Waals surface area contributed by atoms with Gasteiger partial charge in [0.15, 0.2) is 11.6 Å². The lowest BCUT2D eigenvalue weighted by molar-refractivity contribution is -0.255. The SMILES string of the molecule is Nc1c(F)c(I)c(C(=O)[O-])c(I)c1F. The molecule has 1 aromatic carbocycles. The van der Waals surface area contributed by atoms with Crippen LogP contribution in [0.25, 0.3) is 0 Å². The van der Waals surface area contributed by atoms with E-state index in [1.807, 2.05) is 0 Å². The first-order valence-corrected chi connectivity index (χ1v) is 5.36. The minimum Gasteiger partial charge on any atom is -0.545 e. The molecule has 0 amide bonds. The Balaban J connectivity index is 3.68. The number of rotatable bonds is 1. The molecule has 0 aliphatic rings. The monoisotopic (exact) mass is 424 g/mol. The molecule has 0 heterocycles. The highest BCUT2D eigenvalue weighted by Gasteiger charge is 2.20. The van der Waals surface area contributed by atoms with Crippen LogP contribution in [0.3, 0.4) is 0 Å². The Kier molecular flexibility index (Phi) is 3.50. The molecule has 0 radical (unpaired) electrons. The third-order valence-electron chi connectivity index (χ3n) is 1.50. The van der Waals surface area contributed by atoms with E-state index in [9.17, 15) is 18.7 Å². The molecule has 0 saturated carbocycles. The van der Waals surface area contributed by atoms with E-state index in [-0.39, 0.29) is 7.14 Å². The zero-order valence-corrected chi connectivity index (χ0v) is 10.7. The van der Waals surface area contributed by atoms with Gasteiger partial charge in [-0.25, -0.2) is 8.78 Å². The number of carboxylic acids is 1. The summed E-state index contributed by atoms with van der Waals surface area (Å²) in [5, 5.41) is 10.6. The highest BCUT2D eigenvalue weighted by molar-refractivity contribution is 14.1. The van der Waals surface area contributed by atoms with Crippen molar-refractivity contribution in [3.63, 3.8) is 0 Å². The summed E-state index contributed by atoms with van der Waals surface area (Å²) in [4.78, 5) is 10.6. The first-order chi connectivity index (χ1) is 6.37. The maximum Gasteiger partial charge on any atom is 0.163 e. The van der Waals surface area contributed by atoms with E-state index in [4.69, 9.17) is 5.73 Å².